The molecule has 0 radical (unpaired) electrons. The molecule has 6 heteroatoms. The largest absolute Gasteiger partial charge is 0.425 e. The van der Waals surface area contributed by atoms with Gasteiger partial charge in [-0.25, -0.2) is 0 Å². The van der Waals surface area contributed by atoms with Crippen LogP contribution in [0.25, 0.3) is 11.1 Å². The quantitative estimate of drug-likeness (QED) is 0.366. The number of hydrogen-bond donors (Lipinski definition) is 2. The van der Waals surface area contributed by atoms with Crippen molar-refractivity contribution in [3.63, 3.8) is 0 Å². The summed E-state index contributed by atoms with van der Waals surface area (Å²) >= 11 is 0. The Morgan fingerprint density at radius 1 is 0.867 bits per heavy atom. The average Bonchev–Trinajstić information content (AvgIpc) is 2.73. The number of ether oxygens (including phenoxy) is 1. The molecule has 0 saturated heterocycles. The van der Waals surface area contributed by atoms with Gasteiger partial charge in [-0.3, -0.25) is 14.4 Å². The Labute approximate surface area is 174 Å². The first-order valence-electron chi connectivity index (χ1n) is 9.33. The number of Topliss-reactive ketones (excluding diaryl/α,β-unsaturated/α-hetero) is 1. The molecule has 3 rings (SSSR count). The van der Waals surface area contributed by atoms with Gasteiger partial charge in [0, 0.05) is 25.1 Å². The smallest absolute Gasteiger partial charge is 0.308 e. The molecular weight excluding hydrogens is 382 g/mol. The van der Waals surface area contributed by atoms with E-state index in [-0.39, 0.29) is 17.2 Å². The lowest BCUT2D eigenvalue weighted by molar-refractivity contribution is -0.131. The minimum Gasteiger partial charge on any atom is -0.425 e. The Kier molecular flexibility index (Phi) is 6.39. The average molecular weight is 403 g/mol. The number of amides is 1. The minimum absolute atomic E-state index is 0.102. The van der Waals surface area contributed by atoms with Gasteiger partial charge in [-0.2, -0.15) is 0 Å². The van der Waals surface area contributed by atoms with Crippen molar-refractivity contribution in [3.8, 4) is 16.9 Å². The number of anilines is 1. The van der Waals surface area contributed by atoms with Gasteiger partial charge in [-0.1, -0.05) is 54.6 Å². The van der Waals surface area contributed by atoms with Crippen LogP contribution < -0.4 is 10.1 Å². The summed E-state index contributed by atoms with van der Waals surface area (Å²) in [6.45, 7) is 2.65. The number of ketones is 1. The first-order valence-corrected chi connectivity index (χ1v) is 9.33. The monoisotopic (exact) mass is 403 g/mol. The van der Waals surface area contributed by atoms with E-state index in [2.05, 4.69) is 5.32 Å². The Hall–Kier alpha value is -3.77. The number of nitrogens with one attached hydrogen (secondary N) is 1. The Balaban J connectivity index is 1.98. The maximum Gasteiger partial charge on any atom is 0.308 e. The Morgan fingerprint density at radius 2 is 1.53 bits per heavy atom. The molecule has 6 nitrogen and oxygen atoms in total. The molecule has 1 atom stereocenters. The highest BCUT2D eigenvalue weighted by Crippen LogP contribution is 2.35. The van der Waals surface area contributed by atoms with Gasteiger partial charge >= 0.3 is 5.97 Å². The van der Waals surface area contributed by atoms with Gasteiger partial charge in [0.05, 0.1) is 5.56 Å². The molecule has 3 aromatic carbocycles. The van der Waals surface area contributed by atoms with E-state index in [0.717, 1.165) is 5.56 Å². The topological polar surface area (TPSA) is 92.7 Å². The third-order valence-electron chi connectivity index (χ3n) is 4.41. The number of carbonyl (C=O) groups excluding carboxylic acids is 3. The second kappa shape index (κ2) is 9.15. The van der Waals surface area contributed by atoms with E-state index in [4.69, 9.17) is 4.74 Å². The molecule has 0 aromatic heterocycles. The summed E-state index contributed by atoms with van der Waals surface area (Å²) < 4.78 is 5.38. The van der Waals surface area contributed by atoms with Crippen molar-refractivity contribution in [1.82, 2.24) is 0 Å². The molecule has 0 aliphatic heterocycles. The highest BCUT2D eigenvalue weighted by atomic mass is 16.5. The minimum atomic E-state index is -1.46. The fourth-order valence-corrected chi connectivity index (χ4v) is 3.08. The van der Waals surface area contributed by atoms with E-state index < -0.39 is 17.9 Å². The summed E-state index contributed by atoms with van der Waals surface area (Å²) in [7, 11) is 0. The molecule has 0 aliphatic carbocycles. The van der Waals surface area contributed by atoms with Gasteiger partial charge in [-0.05, 0) is 29.3 Å². The molecule has 2 N–H and O–H groups in total. The fourth-order valence-electron chi connectivity index (χ4n) is 3.08. The highest BCUT2D eigenvalue weighted by Gasteiger charge is 2.25. The zero-order chi connectivity index (χ0) is 21.7. The predicted molar refractivity (Wildman–Crippen MR) is 113 cm³/mol. The van der Waals surface area contributed by atoms with E-state index in [1.807, 2.05) is 30.3 Å². The molecule has 0 spiro atoms. The van der Waals surface area contributed by atoms with Crippen LogP contribution in [0.5, 0.6) is 5.75 Å². The molecule has 152 valence electrons. The second-order valence-corrected chi connectivity index (χ2v) is 6.71. The zero-order valence-corrected chi connectivity index (χ0v) is 16.6. The predicted octanol–water partition coefficient (Wildman–Crippen LogP) is 4.15. The summed E-state index contributed by atoms with van der Waals surface area (Å²) in [6, 6.07) is 20.5. The standard InChI is InChI=1S/C24H21NO5/c1-15(26)25-19-13-11-18(12-14-19)22(28)23(29)21-10-6-9-20(24(21)30-16(2)27)17-7-4-3-5-8-17/h3-14,22,28H,1-2H3,(H,25,26). The van der Waals surface area contributed by atoms with Crippen LogP contribution in [0.4, 0.5) is 5.69 Å². The van der Waals surface area contributed by atoms with Crippen LogP contribution in [0.2, 0.25) is 0 Å². The van der Waals surface area contributed by atoms with Crippen LogP contribution >= 0.6 is 0 Å². The van der Waals surface area contributed by atoms with Crippen molar-refractivity contribution in [2.24, 2.45) is 0 Å². The van der Waals surface area contributed by atoms with Gasteiger partial charge in [0.1, 0.15) is 11.9 Å². The van der Waals surface area contributed by atoms with Crippen LogP contribution in [0.1, 0.15) is 35.9 Å². The van der Waals surface area contributed by atoms with Crippen LogP contribution in [0, 0.1) is 0 Å². The number of para-hydroxylation sites is 1. The second-order valence-electron chi connectivity index (χ2n) is 6.71. The number of carbonyl (C=O) groups is 3. The maximum absolute atomic E-state index is 13.1. The van der Waals surface area contributed by atoms with Crippen LogP contribution in [-0.2, 0) is 9.59 Å². The molecule has 1 unspecified atom stereocenters. The summed E-state index contributed by atoms with van der Waals surface area (Å²) in [5.41, 5.74) is 2.36. The normalized spacial score (nSPS) is 11.4. The number of hydrogen-bond acceptors (Lipinski definition) is 5. The maximum atomic E-state index is 13.1. The fraction of sp³-hybridized carbons (Fsp3) is 0.125. The molecule has 30 heavy (non-hydrogen) atoms. The molecule has 3 aromatic rings. The van der Waals surface area contributed by atoms with Crippen molar-refractivity contribution in [2.45, 2.75) is 20.0 Å². The number of rotatable bonds is 6. The van der Waals surface area contributed by atoms with E-state index in [1.165, 1.54) is 19.9 Å². The lowest BCUT2D eigenvalue weighted by atomic mass is 9.95. The summed E-state index contributed by atoms with van der Waals surface area (Å²) in [5.74, 6) is -1.28. The first kappa shape index (κ1) is 21.0. The van der Waals surface area contributed by atoms with Gasteiger partial charge < -0.3 is 15.2 Å². The zero-order valence-electron chi connectivity index (χ0n) is 16.6. The SMILES string of the molecule is CC(=O)Nc1ccc(C(O)C(=O)c2cccc(-c3ccccc3)c2OC(C)=O)cc1. The lowest BCUT2D eigenvalue weighted by Gasteiger charge is -2.16. The molecule has 0 bridgehead atoms. The number of esters is 1. The summed E-state index contributed by atoms with van der Waals surface area (Å²) in [6.07, 6.45) is -1.46. The van der Waals surface area contributed by atoms with E-state index in [9.17, 15) is 19.5 Å². The molecule has 0 aliphatic rings. The third kappa shape index (κ3) is 4.79. The first-order chi connectivity index (χ1) is 14.4. The van der Waals surface area contributed by atoms with Crippen LogP contribution in [0.3, 0.4) is 0 Å². The van der Waals surface area contributed by atoms with Crippen molar-refractivity contribution in [1.29, 1.82) is 0 Å². The lowest BCUT2D eigenvalue weighted by Crippen LogP contribution is -2.16. The van der Waals surface area contributed by atoms with Crippen molar-refractivity contribution in [3.05, 3.63) is 83.9 Å². The van der Waals surface area contributed by atoms with E-state index in [1.54, 1.807) is 36.4 Å². The third-order valence-corrected chi connectivity index (χ3v) is 4.41. The molecule has 0 fully saturated rings. The van der Waals surface area contributed by atoms with Gasteiger partial charge in [0.15, 0.2) is 5.78 Å². The Bertz CT molecular complexity index is 1070. The molecule has 0 saturated carbocycles. The molecule has 1 amide bonds. The molecular formula is C24H21NO5. The van der Waals surface area contributed by atoms with Crippen molar-refractivity contribution >= 4 is 23.3 Å². The number of aliphatic hydroxyl groups is 1. The van der Waals surface area contributed by atoms with Crippen LogP contribution in [-0.4, -0.2) is 22.8 Å². The number of benzene rings is 3. The van der Waals surface area contributed by atoms with Gasteiger partial charge in [0.2, 0.25) is 5.91 Å². The summed E-state index contributed by atoms with van der Waals surface area (Å²) in [4.78, 5) is 35.9. The highest BCUT2D eigenvalue weighted by molar-refractivity contribution is 6.04. The van der Waals surface area contributed by atoms with Crippen molar-refractivity contribution in [2.75, 3.05) is 5.32 Å². The van der Waals surface area contributed by atoms with Gasteiger partial charge in [0.25, 0.3) is 0 Å². The molecule has 0 heterocycles. The van der Waals surface area contributed by atoms with Crippen LogP contribution in [0.15, 0.2) is 72.8 Å². The number of aliphatic hydroxyl groups excluding tert-OH is 1. The Morgan fingerprint density at radius 3 is 2.13 bits per heavy atom. The van der Waals surface area contributed by atoms with Gasteiger partial charge in [-0.15, -0.1) is 0 Å². The van der Waals surface area contributed by atoms with Crippen molar-refractivity contribution < 1.29 is 24.2 Å². The van der Waals surface area contributed by atoms with E-state index in [0.29, 0.717) is 16.8 Å². The summed E-state index contributed by atoms with van der Waals surface area (Å²) in [5, 5.41) is 13.3. The van der Waals surface area contributed by atoms with E-state index >= 15 is 0 Å².